The normalized spacial score (nSPS) is 16.5. The van der Waals surface area contributed by atoms with E-state index in [0.29, 0.717) is 51.2 Å². The van der Waals surface area contributed by atoms with E-state index < -0.39 is 5.91 Å². The number of anilines is 1. The predicted octanol–water partition coefficient (Wildman–Crippen LogP) is 3.35. The molecule has 28 heavy (non-hydrogen) atoms. The molecule has 0 aliphatic carbocycles. The second kappa shape index (κ2) is 6.92. The van der Waals surface area contributed by atoms with Crippen LogP contribution in [0.2, 0.25) is 10.0 Å². The van der Waals surface area contributed by atoms with Crippen molar-refractivity contribution in [2.45, 2.75) is 25.3 Å². The number of rotatable bonds is 3. The Balaban J connectivity index is 1.84. The number of amides is 1. The van der Waals surface area contributed by atoms with Crippen molar-refractivity contribution in [1.29, 1.82) is 0 Å². The Labute approximate surface area is 172 Å². The van der Waals surface area contributed by atoms with E-state index in [4.69, 9.17) is 34.7 Å². The number of piperidine rings is 1. The lowest BCUT2D eigenvalue weighted by molar-refractivity contribution is 0.0997. The number of carbonyl (C=O) groups excluding carboxylic acids is 1. The molecule has 1 aliphatic rings. The molecule has 4 rings (SSSR count). The zero-order valence-electron chi connectivity index (χ0n) is 15.3. The minimum atomic E-state index is -0.631. The summed E-state index contributed by atoms with van der Waals surface area (Å²) in [5.74, 6) is -0.171. The van der Waals surface area contributed by atoms with E-state index in [1.807, 2.05) is 17.9 Å². The molecule has 1 amide bonds. The maximum Gasteiger partial charge on any atom is 0.268 e. The van der Waals surface area contributed by atoms with E-state index in [1.54, 1.807) is 18.3 Å². The average Bonchev–Trinajstić information content (AvgIpc) is 3.07. The van der Waals surface area contributed by atoms with Gasteiger partial charge in [-0.25, -0.2) is 4.98 Å². The zero-order valence-corrected chi connectivity index (χ0v) is 16.8. The summed E-state index contributed by atoms with van der Waals surface area (Å²) in [5.41, 5.74) is 13.7. The van der Waals surface area contributed by atoms with E-state index in [1.165, 1.54) is 0 Å². The van der Waals surface area contributed by atoms with Gasteiger partial charge in [0.25, 0.3) is 5.91 Å². The van der Waals surface area contributed by atoms with Crippen LogP contribution in [0.15, 0.2) is 24.4 Å². The maximum absolute atomic E-state index is 12.2. The number of halogens is 2. The number of fused-ring (bicyclic) bond motifs is 1. The second-order valence-electron chi connectivity index (χ2n) is 7.40. The van der Waals surface area contributed by atoms with Crippen LogP contribution < -0.4 is 16.4 Å². The van der Waals surface area contributed by atoms with E-state index in [2.05, 4.69) is 15.0 Å². The average molecular weight is 419 g/mol. The van der Waals surface area contributed by atoms with Gasteiger partial charge in [0.1, 0.15) is 11.3 Å². The number of nitrogens with zero attached hydrogens (tertiary/aromatic N) is 3. The fraction of sp³-hybridized carbons (Fsp3) is 0.316. The number of hydrogen-bond acceptors (Lipinski definition) is 5. The number of aromatic nitrogens is 3. The number of H-pyrrole nitrogens is 1. The van der Waals surface area contributed by atoms with Gasteiger partial charge in [0.05, 0.1) is 15.4 Å². The first-order valence-corrected chi connectivity index (χ1v) is 9.69. The summed E-state index contributed by atoms with van der Waals surface area (Å²) in [6, 6.07) is 5.31. The lowest BCUT2D eigenvalue weighted by Crippen LogP contribution is -2.48. The Morgan fingerprint density at radius 2 is 1.93 bits per heavy atom. The van der Waals surface area contributed by atoms with Gasteiger partial charge in [0, 0.05) is 36.0 Å². The van der Waals surface area contributed by atoms with Crippen molar-refractivity contribution >= 4 is 46.1 Å². The van der Waals surface area contributed by atoms with Gasteiger partial charge < -0.3 is 21.4 Å². The lowest BCUT2D eigenvalue weighted by atomic mass is 9.91. The van der Waals surface area contributed by atoms with Crippen LogP contribution in [0.1, 0.15) is 30.3 Å². The van der Waals surface area contributed by atoms with Gasteiger partial charge in [0.2, 0.25) is 5.95 Å². The number of nitrogens with two attached hydrogens (primary N) is 2. The highest BCUT2D eigenvalue weighted by Crippen LogP contribution is 2.38. The van der Waals surface area contributed by atoms with Gasteiger partial charge in [0.15, 0.2) is 0 Å². The number of nitrogens with one attached hydrogen (secondary N) is 1. The van der Waals surface area contributed by atoms with Crippen LogP contribution in [0.4, 0.5) is 5.95 Å². The molecule has 0 bridgehead atoms. The number of hydrogen-bond donors (Lipinski definition) is 3. The third kappa shape index (κ3) is 3.30. The molecule has 146 valence electrons. The van der Waals surface area contributed by atoms with Crippen molar-refractivity contribution in [3.63, 3.8) is 0 Å². The number of benzene rings is 1. The van der Waals surface area contributed by atoms with E-state index >= 15 is 0 Å². The second-order valence-corrected chi connectivity index (χ2v) is 8.19. The van der Waals surface area contributed by atoms with Gasteiger partial charge in [-0.2, -0.15) is 4.98 Å². The largest absolute Gasteiger partial charge is 0.364 e. The number of aromatic amines is 1. The molecule has 3 heterocycles. The SMILES string of the molecule is CC1(N)CCN(c2nc(C(N)=O)c3c(-c4cccc(Cl)c4Cl)c[nH]c3n2)CC1. The molecule has 7 nitrogen and oxygen atoms in total. The summed E-state index contributed by atoms with van der Waals surface area (Å²) in [6.45, 7) is 3.46. The highest BCUT2D eigenvalue weighted by molar-refractivity contribution is 6.44. The molecule has 0 spiro atoms. The van der Waals surface area contributed by atoms with Crippen LogP contribution >= 0.6 is 23.2 Å². The molecule has 0 radical (unpaired) electrons. The van der Waals surface area contributed by atoms with E-state index in [-0.39, 0.29) is 11.2 Å². The van der Waals surface area contributed by atoms with Crippen LogP contribution in [0.3, 0.4) is 0 Å². The monoisotopic (exact) mass is 418 g/mol. The van der Waals surface area contributed by atoms with Gasteiger partial charge >= 0.3 is 0 Å². The van der Waals surface area contributed by atoms with Gasteiger partial charge in [-0.1, -0.05) is 35.3 Å². The van der Waals surface area contributed by atoms with Crippen molar-refractivity contribution in [2.75, 3.05) is 18.0 Å². The molecule has 0 unspecified atom stereocenters. The number of primary amides is 1. The highest BCUT2D eigenvalue weighted by Gasteiger charge is 2.28. The Morgan fingerprint density at radius 1 is 1.21 bits per heavy atom. The molecule has 1 aromatic carbocycles. The van der Waals surface area contributed by atoms with E-state index in [0.717, 1.165) is 12.8 Å². The summed E-state index contributed by atoms with van der Waals surface area (Å²) in [4.78, 5) is 26.4. The van der Waals surface area contributed by atoms with Crippen molar-refractivity contribution in [1.82, 2.24) is 15.0 Å². The van der Waals surface area contributed by atoms with Crippen LogP contribution in [0, 0.1) is 0 Å². The smallest absolute Gasteiger partial charge is 0.268 e. The van der Waals surface area contributed by atoms with Crippen LogP contribution in [0.5, 0.6) is 0 Å². The first-order valence-electron chi connectivity index (χ1n) is 8.94. The Kier molecular flexibility index (Phi) is 4.69. The van der Waals surface area contributed by atoms with Crippen molar-refractivity contribution in [3.05, 3.63) is 40.1 Å². The lowest BCUT2D eigenvalue weighted by Gasteiger charge is -2.36. The summed E-state index contributed by atoms with van der Waals surface area (Å²) >= 11 is 12.5. The minimum absolute atomic E-state index is 0.147. The van der Waals surface area contributed by atoms with Crippen LogP contribution in [-0.2, 0) is 0 Å². The molecular formula is C19H20Cl2N6O. The highest BCUT2D eigenvalue weighted by atomic mass is 35.5. The summed E-state index contributed by atoms with van der Waals surface area (Å²) < 4.78 is 0. The zero-order chi connectivity index (χ0) is 20.1. The molecule has 0 atom stereocenters. The summed E-state index contributed by atoms with van der Waals surface area (Å²) in [7, 11) is 0. The molecule has 1 fully saturated rings. The third-order valence-electron chi connectivity index (χ3n) is 5.18. The maximum atomic E-state index is 12.2. The first kappa shape index (κ1) is 19.0. The summed E-state index contributed by atoms with van der Waals surface area (Å²) in [6.07, 6.45) is 3.36. The fourth-order valence-corrected chi connectivity index (χ4v) is 3.89. The van der Waals surface area contributed by atoms with Crippen molar-refractivity contribution in [2.24, 2.45) is 11.5 Å². The third-order valence-corrected chi connectivity index (χ3v) is 6.00. The Morgan fingerprint density at radius 3 is 2.61 bits per heavy atom. The predicted molar refractivity (Wildman–Crippen MR) is 112 cm³/mol. The Hall–Kier alpha value is -2.35. The summed E-state index contributed by atoms with van der Waals surface area (Å²) in [5, 5.41) is 1.34. The fourth-order valence-electron chi connectivity index (χ4n) is 3.48. The molecule has 9 heteroatoms. The van der Waals surface area contributed by atoms with Crippen molar-refractivity contribution < 1.29 is 4.79 Å². The van der Waals surface area contributed by atoms with Crippen LogP contribution in [0.25, 0.3) is 22.2 Å². The topological polar surface area (TPSA) is 114 Å². The first-order chi connectivity index (χ1) is 13.3. The quantitative estimate of drug-likeness (QED) is 0.603. The molecule has 2 aromatic heterocycles. The van der Waals surface area contributed by atoms with Gasteiger partial charge in [-0.05, 0) is 25.8 Å². The number of carbonyl (C=O) groups is 1. The Bertz CT molecular complexity index is 1070. The van der Waals surface area contributed by atoms with E-state index in [9.17, 15) is 4.79 Å². The molecule has 0 saturated carbocycles. The molecule has 1 saturated heterocycles. The molecular weight excluding hydrogens is 399 g/mol. The molecule has 1 aliphatic heterocycles. The van der Waals surface area contributed by atoms with Gasteiger partial charge in [-0.15, -0.1) is 0 Å². The molecule has 5 N–H and O–H groups in total. The van der Waals surface area contributed by atoms with Crippen LogP contribution in [-0.4, -0.2) is 39.5 Å². The van der Waals surface area contributed by atoms with Crippen molar-refractivity contribution in [3.8, 4) is 11.1 Å². The standard InChI is InChI=1S/C19H20Cl2N6O/c1-19(23)5-7-27(8-6-19)18-25-15(16(22)28)13-11(9-24-17(13)26-18)10-3-2-4-12(20)14(10)21/h2-4,9H,5-8,23H2,1H3,(H2,22,28)(H,24,25,26). The van der Waals surface area contributed by atoms with Gasteiger partial charge in [-0.3, -0.25) is 4.79 Å². The minimum Gasteiger partial charge on any atom is -0.364 e. The molecule has 3 aromatic rings.